The van der Waals surface area contributed by atoms with Gasteiger partial charge in [-0.1, -0.05) is 18.2 Å². The molecule has 2 nitrogen and oxygen atoms in total. The van der Waals surface area contributed by atoms with Crippen LogP contribution >= 0.6 is 11.3 Å². The van der Waals surface area contributed by atoms with Crippen LogP contribution < -0.4 is 0 Å². The normalized spacial score (nSPS) is 11.1. The van der Waals surface area contributed by atoms with Gasteiger partial charge in [0.2, 0.25) is 0 Å². The van der Waals surface area contributed by atoms with E-state index in [1.807, 2.05) is 6.92 Å². The molecule has 16 heavy (non-hydrogen) atoms. The monoisotopic (exact) mass is 228 g/mol. The molecule has 1 N–H and O–H groups in total. The number of H-pyrrole nitrogens is 1. The van der Waals surface area contributed by atoms with Gasteiger partial charge in [0.15, 0.2) is 0 Å². The first-order valence-corrected chi connectivity index (χ1v) is 6.17. The standard InChI is InChI=1S/C13H12N2S/c1-9-8-16-13(15-9)6-10-7-14-12-5-3-2-4-11(10)12/h2-5,7-8,14H,6H2,1H3. The van der Waals surface area contributed by atoms with Gasteiger partial charge in [0.25, 0.3) is 0 Å². The van der Waals surface area contributed by atoms with Crippen LogP contribution in [0.1, 0.15) is 16.3 Å². The average molecular weight is 228 g/mol. The van der Waals surface area contributed by atoms with E-state index >= 15 is 0 Å². The lowest BCUT2D eigenvalue weighted by Crippen LogP contribution is -1.85. The summed E-state index contributed by atoms with van der Waals surface area (Å²) in [5.41, 5.74) is 3.63. The number of hydrogen-bond acceptors (Lipinski definition) is 2. The van der Waals surface area contributed by atoms with Crippen LogP contribution in [0.3, 0.4) is 0 Å². The molecule has 0 radical (unpaired) electrons. The predicted molar refractivity (Wildman–Crippen MR) is 68.0 cm³/mol. The Morgan fingerprint density at radius 3 is 3.00 bits per heavy atom. The van der Waals surface area contributed by atoms with E-state index < -0.39 is 0 Å². The molecule has 0 aliphatic carbocycles. The Labute approximate surface area is 98.0 Å². The number of benzene rings is 1. The quantitative estimate of drug-likeness (QED) is 0.714. The van der Waals surface area contributed by atoms with Crippen molar-refractivity contribution in [3.05, 3.63) is 52.1 Å². The number of rotatable bonds is 2. The van der Waals surface area contributed by atoms with Crippen molar-refractivity contribution in [3.8, 4) is 0 Å². The second-order valence-corrected chi connectivity index (χ2v) is 4.86. The minimum atomic E-state index is 0.919. The molecular weight excluding hydrogens is 216 g/mol. The van der Waals surface area contributed by atoms with Crippen molar-refractivity contribution in [2.75, 3.05) is 0 Å². The lowest BCUT2D eigenvalue weighted by Gasteiger charge is -1.95. The number of aryl methyl sites for hydroxylation is 1. The largest absolute Gasteiger partial charge is 0.361 e. The third-order valence-corrected chi connectivity index (χ3v) is 3.65. The molecule has 0 amide bonds. The SMILES string of the molecule is Cc1csc(Cc2c[nH]c3ccccc23)n1. The first-order chi connectivity index (χ1) is 7.83. The van der Waals surface area contributed by atoms with Crippen molar-refractivity contribution in [2.24, 2.45) is 0 Å². The van der Waals surface area contributed by atoms with Crippen LogP contribution in [0.5, 0.6) is 0 Å². The lowest BCUT2D eigenvalue weighted by atomic mass is 10.1. The van der Waals surface area contributed by atoms with Crippen LogP contribution in [-0.2, 0) is 6.42 Å². The van der Waals surface area contributed by atoms with E-state index in [2.05, 4.69) is 45.8 Å². The Bertz CT molecular complexity index is 621. The minimum Gasteiger partial charge on any atom is -0.361 e. The molecule has 0 fully saturated rings. The van der Waals surface area contributed by atoms with Gasteiger partial charge in [0, 0.05) is 34.6 Å². The van der Waals surface area contributed by atoms with E-state index in [1.165, 1.54) is 21.5 Å². The second kappa shape index (κ2) is 3.76. The van der Waals surface area contributed by atoms with Crippen LogP contribution in [0.4, 0.5) is 0 Å². The third-order valence-electron chi connectivity index (χ3n) is 2.68. The number of aromatic nitrogens is 2. The molecule has 0 bridgehead atoms. The molecule has 0 saturated carbocycles. The molecule has 3 heteroatoms. The van der Waals surface area contributed by atoms with Crippen LogP contribution in [0.15, 0.2) is 35.8 Å². The zero-order valence-corrected chi connectivity index (χ0v) is 9.84. The molecule has 0 unspecified atom stereocenters. The van der Waals surface area contributed by atoms with E-state index in [9.17, 15) is 0 Å². The van der Waals surface area contributed by atoms with Crippen molar-refractivity contribution < 1.29 is 0 Å². The number of aromatic amines is 1. The molecule has 0 atom stereocenters. The van der Waals surface area contributed by atoms with Crippen molar-refractivity contribution >= 4 is 22.2 Å². The maximum absolute atomic E-state index is 4.50. The summed E-state index contributed by atoms with van der Waals surface area (Å²) < 4.78 is 0. The van der Waals surface area contributed by atoms with Gasteiger partial charge in [-0.15, -0.1) is 11.3 Å². The highest BCUT2D eigenvalue weighted by atomic mass is 32.1. The van der Waals surface area contributed by atoms with Gasteiger partial charge in [-0.25, -0.2) is 4.98 Å². The van der Waals surface area contributed by atoms with Crippen molar-refractivity contribution in [3.63, 3.8) is 0 Å². The summed E-state index contributed by atoms with van der Waals surface area (Å²) in [7, 11) is 0. The molecule has 0 aliphatic heterocycles. The Morgan fingerprint density at radius 1 is 1.31 bits per heavy atom. The Morgan fingerprint density at radius 2 is 2.19 bits per heavy atom. The minimum absolute atomic E-state index is 0.919. The highest BCUT2D eigenvalue weighted by Gasteiger charge is 2.05. The number of hydrogen-bond donors (Lipinski definition) is 1. The zero-order chi connectivity index (χ0) is 11.0. The molecular formula is C13H12N2S. The number of fused-ring (bicyclic) bond motifs is 1. The van der Waals surface area contributed by atoms with Crippen molar-refractivity contribution in [1.82, 2.24) is 9.97 Å². The van der Waals surface area contributed by atoms with E-state index in [-0.39, 0.29) is 0 Å². The van der Waals surface area contributed by atoms with Crippen LogP contribution in [-0.4, -0.2) is 9.97 Å². The number of para-hydroxylation sites is 1. The van der Waals surface area contributed by atoms with E-state index in [1.54, 1.807) is 11.3 Å². The van der Waals surface area contributed by atoms with Crippen LogP contribution in [0, 0.1) is 6.92 Å². The number of nitrogens with zero attached hydrogens (tertiary/aromatic N) is 1. The smallest absolute Gasteiger partial charge is 0.0972 e. The summed E-state index contributed by atoms with van der Waals surface area (Å²) in [5, 5.41) is 4.59. The Balaban J connectivity index is 2.00. The van der Waals surface area contributed by atoms with Gasteiger partial charge in [0.05, 0.1) is 5.01 Å². The van der Waals surface area contributed by atoms with Crippen molar-refractivity contribution in [1.29, 1.82) is 0 Å². The lowest BCUT2D eigenvalue weighted by molar-refractivity contribution is 1.11. The van der Waals surface area contributed by atoms with Gasteiger partial charge in [-0.05, 0) is 18.6 Å². The van der Waals surface area contributed by atoms with Gasteiger partial charge >= 0.3 is 0 Å². The molecule has 2 aromatic heterocycles. The molecule has 3 rings (SSSR count). The van der Waals surface area contributed by atoms with Gasteiger partial charge in [-0.2, -0.15) is 0 Å². The summed E-state index contributed by atoms with van der Waals surface area (Å²) in [4.78, 5) is 7.79. The fraction of sp³-hybridized carbons (Fsp3) is 0.154. The summed E-state index contributed by atoms with van der Waals surface area (Å²) in [6.07, 6.45) is 3.00. The fourth-order valence-corrected chi connectivity index (χ4v) is 2.72. The topological polar surface area (TPSA) is 28.7 Å². The van der Waals surface area contributed by atoms with Gasteiger partial charge in [0.1, 0.15) is 0 Å². The maximum Gasteiger partial charge on any atom is 0.0972 e. The van der Waals surface area contributed by atoms with Gasteiger partial charge < -0.3 is 4.98 Å². The molecule has 0 spiro atoms. The summed E-state index contributed by atoms with van der Waals surface area (Å²) in [6.45, 7) is 2.04. The van der Waals surface area contributed by atoms with E-state index in [0.717, 1.165) is 12.1 Å². The average Bonchev–Trinajstić information content (AvgIpc) is 2.87. The summed E-state index contributed by atoms with van der Waals surface area (Å²) in [5.74, 6) is 0. The molecule has 2 heterocycles. The number of thiazole rings is 1. The zero-order valence-electron chi connectivity index (χ0n) is 9.03. The molecule has 80 valence electrons. The first-order valence-electron chi connectivity index (χ1n) is 5.29. The molecule has 1 aromatic carbocycles. The Hall–Kier alpha value is -1.61. The molecule has 0 aliphatic rings. The first kappa shape index (κ1) is 9.60. The van der Waals surface area contributed by atoms with Crippen LogP contribution in [0.25, 0.3) is 10.9 Å². The summed E-state index contributed by atoms with van der Waals surface area (Å²) >= 11 is 1.73. The fourth-order valence-electron chi connectivity index (χ4n) is 1.92. The van der Waals surface area contributed by atoms with Crippen LogP contribution in [0.2, 0.25) is 0 Å². The van der Waals surface area contributed by atoms with Gasteiger partial charge in [-0.3, -0.25) is 0 Å². The summed E-state index contributed by atoms with van der Waals surface area (Å²) in [6, 6.07) is 8.39. The third kappa shape index (κ3) is 1.63. The molecule has 3 aromatic rings. The predicted octanol–water partition coefficient (Wildman–Crippen LogP) is 3.52. The molecule has 0 saturated heterocycles. The Kier molecular flexibility index (Phi) is 2.26. The van der Waals surface area contributed by atoms with E-state index in [4.69, 9.17) is 0 Å². The maximum atomic E-state index is 4.50. The van der Waals surface area contributed by atoms with E-state index in [0.29, 0.717) is 0 Å². The highest BCUT2D eigenvalue weighted by molar-refractivity contribution is 7.09. The number of nitrogens with one attached hydrogen (secondary N) is 1. The highest BCUT2D eigenvalue weighted by Crippen LogP contribution is 2.22. The second-order valence-electron chi connectivity index (χ2n) is 3.92. The van der Waals surface area contributed by atoms with Crippen molar-refractivity contribution in [2.45, 2.75) is 13.3 Å².